The monoisotopic (exact) mass is 326 g/mol. The molecule has 0 aromatic heterocycles. The van der Waals surface area contributed by atoms with Crippen LogP contribution in [0.4, 0.5) is 0 Å². The minimum Gasteiger partial charge on any atom is -0.352 e. The molecule has 0 bridgehead atoms. The fraction of sp³-hybridized carbons (Fsp3) is 0.611. The molecule has 0 aliphatic heterocycles. The van der Waals surface area contributed by atoms with Crippen molar-refractivity contribution in [2.24, 2.45) is 5.73 Å². The lowest BCUT2D eigenvalue weighted by molar-refractivity contribution is -0.126. The molecule has 1 amide bonds. The second-order valence-corrected chi connectivity index (χ2v) is 7.00. The van der Waals surface area contributed by atoms with Crippen LogP contribution < -0.4 is 11.1 Å². The molecule has 0 heterocycles. The molecule has 3 N–H and O–H groups in total. The van der Waals surface area contributed by atoms with Gasteiger partial charge in [0.25, 0.3) is 0 Å². The number of benzene rings is 1. The molecule has 22 heavy (non-hydrogen) atoms. The van der Waals surface area contributed by atoms with Crippen LogP contribution in [-0.4, -0.2) is 17.5 Å². The number of carbonyl (C=O) groups excluding carboxylic acids is 1. The predicted octanol–water partition coefficient (Wildman–Crippen LogP) is 3.80. The molecule has 1 aromatic rings. The Kier molecular flexibility index (Phi) is 8.13. The highest BCUT2D eigenvalue weighted by Gasteiger charge is 2.30. The number of amides is 1. The average molecular weight is 327 g/mol. The first-order chi connectivity index (χ1) is 9.69. The third-order valence-corrected chi connectivity index (χ3v) is 4.04. The molecule has 0 saturated carbocycles. The van der Waals surface area contributed by atoms with Crippen molar-refractivity contribution < 1.29 is 4.79 Å². The van der Waals surface area contributed by atoms with E-state index >= 15 is 0 Å². The van der Waals surface area contributed by atoms with E-state index in [9.17, 15) is 4.79 Å². The lowest BCUT2D eigenvalue weighted by atomic mass is 9.79. The van der Waals surface area contributed by atoms with Crippen LogP contribution in [0.3, 0.4) is 0 Å². The maximum atomic E-state index is 12.3. The summed E-state index contributed by atoms with van der Waals surface area (Å²) < 4.78 is 0. The van der Waals surface area contributed by atoms with E-state index in [4.69, 9.17) is 5.73 Å². The van der Waals surface area contributed by atoms with Crippen LogP contribution in [-0.2, 0) is 10.2 Å². The highest BCUT2D eigenvalue weighted by molar-refractivity contribution is 5.86. The van der Waals surface area contributed by atoms with Crippen LogP contribution in [0.15, 0.2) is 30.3 Å². The van der Waals surface area contributed by atoms with Crippen LogP contribution in [0.5, 0.6) is 0 Å². The van der Waals surface area contributed by atoms with Crippen LogP contribution >= 0.6 is 12.4 Å². The summed E-state index contributed by atoms with van der Waals surface area (Å²) in [7, 11) is 0. The Morgan fingerprint density at radius 3 is 2.27 bits per heavy atom. The number of rotatable bonds is 7. The third-order valence-electron chi connectivity index (χ3n) is 4.04. The highest BCUT2D eigenvalue weighted by Crippen LogP contribution is 2.28. The molecule has 0 aliphatic carbocycles. The SMILES string of the molecule is CCCC(C)(N)C(=O)NC(C)CC(C)(C)c1ccccc1.Cl. The minimum atomic E-state index is -0.778. The van der Waals surface area contributed by atoms with Gasteiger partial charge in [0.2, 0.25) is 5.91 Å². The van der Waals surface area contributed by atoms with Gasteiger partial charge < -0.3 is 11.1 Å². The molecule has 126 valence electrons. The van der Waals surface area contributed by atoms with Crippen molar-refractivity contribution >= 4 is 18.3 Å². The fourth-order valence-electron chi connectivity index (χ4n) is 2.85. The standard InChI is InChI=1S/C18H30N2O.ClH/c1-6-12-18(5,19)16(21)20-14(2)13-17(3,4)15-10-8-7-9-11-15;/h7-11,14H,6,12-13,19H2,1-5H3,(H,20,21);1H. The number of hydrogen-bond acceptors (Lipinski definition) is 2. The first-order valence-corrected chi connectivity index (χ1v) is 7.84. The van der Waals surface area contributed by atoms with Gasteiger partial charge in [-0.15, -0.1) is 12.4 Å². The molecule has 0 saturated heterocycles. The maximum absolute atomic E-state index is 12.3. The summed E-state index contributed by atoms with van der Waals surface area (Å²) in [5.41, 5.74) is 6.61. The zero-order chi connectivity index (χ0) is 16.1. The van der Waals surface area contributed by atoms with Crippen molar-refractivity contribution in [3.05, 3.63) is 35.9 Å². The van der Waals surface area contributed by atoms with Gasteiger partial charge in [0.1, 0.15) is 0 Å². The smallest absolute Gasteiger partial charge is 0.240 e. The maximum Gasteiger partial charge on any atom is 0.240 e. The average Bonchev–Trinajstić information content (AvgIpc) is 2.38. The molecule has 1 aromatic carbocycles. The summed E-state index contributed by atoms with van der Waals surface area (Å²) in [4.78, 5) is 12.3. The molecule has 2 unspecified atom stereocenters. The quantitative estimate of drug-likeness (QED) is 0.800. The lowest BCUT2D eigenvalue weighted by Crippen LogP contribution is -2.54. The van der Waals surface area contributed by atoms with Gasteiger partial charge in [0, 0.05) is 6.04 Å². The van der Waals surface area contributed by atoms with Gasteiger partial charge in [-0.05, 0) is 37.7 Å². The number of halogens is 1. The summed E-state index contributed by atoms with van der Waals surface area (Å²) in [6, 6.07) is 10.5. The topological polar surface area (TPSA) is 55.1 Å². The van der Waals surface area contributed by atoms with Crippen molar-refractivity contribution in [1.82, 2.24) is 5.32 Å². The summed E-state index contributed by atoms with van der Waals surface area (Å²) in [6.45, 7) is 10.3. The van der Waals surface area contributed by atoms with Crippen molar-refractivity contribution in [1.29, 1.82) is 0 Å². The fourth-order valence-corrected chi connectivity index (χ4v) is 2.85. The zero-order valence-electron chi connectivity index (χ0n) is 14.5. The van der Waals surface area contributed by atoms with Gasteiger partial charge in [-0.1, -0.05) is 57.5 Å². The normalized spacial score (nSPS) is 15.4. The number of carbonyl (C=O) groups is 1. The Balaban J connectivity index is 0.00000441. The van der Waals surface area contributed by atoms with Crippen molar-refractivity contribution in [2.45, 2.75) is 70.9 Å². The Bertz CT molecular complexity index is 457. The first kappa shape index (κ1) is 20.9. The summed E-state index contributed by atoms with van der Waals surface area (Å²) >= 11 is 0. The molecule has 2 atom stereocenters. The Labute approximate surface area is 141 Å². The van der Waals surface area contributed by atoms with Crippen LogP contribution in [0.1, 0.15) is 59.4 Å². The van der Waals surface area contributed by atoms with E-state index in [1.54, 1.807) is 6.92 Å². The largest absolute Gasteiger partial charge is 0.352 e. The van der Waals surface area contributed by atoms with E-state index in [0.717, 1.165) is 12.8 Å². The summed E-state index contributed by atoms with van der Waals surface area (Å²) in [5.74, 6) is -0.0549. The molecule has 1 rings (SSSR count). The number of nitrogens with two attached hydrogens (primary N) is 1. The van der Waals surface area contributed by atoms with Gasteiger partial charge in [0.15, 0.2) is 0 Å². The molecular formula is C18H31ClN2O. The highest BCUT2D eigenvalue weighted by atomic mass is 35.5. The zero-order valence-corrected chi connectivity index (χ0v) is 15.3. The Morgan fingerprint density at radius 1 is 1.23 bits per heavy atom. The second kappa shape index (κ2) is 8.54. The molecule has 0 radical (unpaired) electrons. The molecule has 0 aliphatic rings. The summed E-state index contributed by atoms with van der Waals surface area (Å²) in [5, 5.41) is 3.07. The van der Waals surface area contributed by atoms with E-state index in [-0.39, 0.29) is 29.8 Å². The first-order valence-electron chi connectivity index (χ1n) is 7.84. The van der Waals surface area contributed by atoms with E-state index in [0.29, 0.717) is 6.42 Å². The number of nitrogens with one attached hydrogen (secondary N) is 1. The van der Waals surface area contributed by atoms with E-state index in [1.807, 2.05) is 19.9 Å². The summed E-state index contributed by atoms with van der Waals surface area (Å²) in [6.07, 6.45) is 2.49. The van der Waals surface area contributed by atoms with Crippen LogP contribution in [0.2, 0.25) is 0 Å². The van der Waals surface area contributed by atoms with Gasteiger partial charge in [-0.25, -0.2) is 0 Å². The second-order valence-electron chi connectivity index (χ2n) is 7.00. The van der Waals surface area contributed by atoms with Crippen LogP contribution in [0, 0.1) is 0 Å². The Morgan fingerprint density at radius 2 is 1.77 bits per heavy atom. The van der Waals surface area contributed by atoms with Crippen LogP contribution in [0.25, 0.3) is 0 Å². The molecule has 0 fully saturated rings. The van der Waals surface area contributed by atoms with Gasteiger partial charge in [-0.2, -0.15) is 0 Å². The third kappa shape index (κ3) is 5.98. The molecule has 3 nitrogen and oxygen atoms in total. The van der Waals surface area contributed by atoms with Crippen molar-refractivity contribution in [3.63, 3.8) is 0 Å². The van der Waals surface area contributed by atoms with Crippen molar-refractivity contribution in [3.8, 4) is 0 Å². The van der Waals surface area contributed by atoms with E-state index in [1.165, 1.54) is 5.56 Å². The van der Waals surface area contributed by atoms with Crippen molar-refractivity contribution in [2.75, 3.05) is 0 Å². The predicted molar refractivity (Wildman–Crippen MR) is 96.4 cm³/mol. The Hall–Kier alpha value is -1.06. The lowest BCUT2D eigenvalue weighted by Gasteiger charge is -2.31. The van der Waals surface area contributed by atoms with Gasteiger partial charge in [-0.3, -0.25) is 4.79 Å². The molecular weight excluding hydrogens is 296 g/mol. The molecule has 4 heteroatoms. The minimum absolute atomic E-state index is 0. The molecule has 0 spiro atoms. The van der Waals surface area contributed by atoms with E-state index < -0.39 is 5.54 Å². The van der Waals surface area contributed by atoms with Gasteiger partial charge >= 0.3 is 0 Å². The van der Waals surface area contributed by atoms with E-state index in [2.05, 4.69) is 43.4 Å². The van der Waals surface area contributed by atoms with Gasteiger partial charge in [0.05, 0.1) is 5.54 Å². The number of hydrogen-bond donors (Lipinski definition) is 2.